The van der Waals surface area contributed by atoms with E-state index in [1.807, 2.05) is 0 Å². The van der Waals surface area contributed by atoms with Crippen LogP contribution in [-0.4, -0.2) is 48.3 Å². The number of carbonyl (C=O) groups excluding carboxylic acids is 3. The van der Waals surface area contributed by atoms with Crippen LogP contribution in [0.2, 0.25) is 0 Å². The molecule has 2 heterocycles. The minimum atomic E-state index is -0.677. The summed E-state index contributed by atoms with van der Waals surface area (Å²) in [5.74, 6) is -0.734. The first-order chi connectivity index (χ1) is 8.09. The Balaban J connectivity index is 1.90. The van der Waals surface area contributed by atoms with Gasteiger partial charge in [0.25, 0.3) is 5.91 Å². The predicted molar refractivity (Wildman–Crippen MR) is 60.0 cm³/mol. The molecule has 2 aliphatic heterocycles. The zero-order valence-electron chi connectivity index (χ0n) is 9.86. The number of nitrogens with one attached hydrogen (secondary N) is 2. The molecule has 0 radical (unpaired) electrons. The summed E-state index contributed by atoms with van der Waals surface area (Å²) in [6, 6.07) is -0.902. The van der Waals surface area contributed by atoms with Crippen LogP contribution >= 0.6 is 0 Å². The summed E-state index contributed by atoms with van der Waals surface area (Å²) in [7, 11) is 1.44. The van der Waals surface area contributed by atoms with E-state index in [0.717, 1.165) is 30.7 Å². The Morgan fingerprint density at radius 3 is 2.71 bits per heavy atom. The van der Waals surface area contributed by atoms with E-state index in [9.17, 15) is 14.4 Å². The Morgan fingerprint density at radius 1 is 1.41 bits per heavy atom. The second kappa shape index (κ2) is 4.83. The topological polar surface area (TPSA) is 78.5 Å². The summed E-state index contributed by atoms with van der Waals surface area (Å²) in [5.41, 5.74) is 0. The summed E-state index contributed by atoms with van der Waals surface area (Å²) in [6.07, 6.45) is 2.96. The highest BCUT2D eigenvalue weighted by atomic mass is 16.2. The number of piperidine rings is 1. The first kappa shape index (κ1) is 12.0. The third-order valence-electron chi connectivity index (χ3n) is 3.32. The summed E-state index contributed by atoms with van der Waals surface area (Å²) >= 11 is 0. The van der Waals surface area contributed by atoms with Crippen molar-refractivity contribution in [3.8, 4) is 0 Å². The fraction of sp³-hybridized carbons (Fsp3) is 0.727. The Labute approximate surface area is 99.7 Å². The lowest BCUT2D eigenvalue weighted by Gasteiger charge is -2.23. The lowest BCUT2D eigenvalue weighted by Crippen LogP contribution is -2.51. The van der Waals surface area contributed by atoms with Gasteiger partial charge in [-0.3, -0.25) is 19.3 Å². The van der Waals surface area contributed by atoms with Gasteiger partial charge in [0, 0.05) is 7.05 Å². The Bertz CT molecular complexity index is 350. The van der Waals surface area contributed by atoms with Crippen LogP contribution in [0.5, 0.6) is 0 Å². The number of nitrogens with zero attached hydrogens (tertiary/aromatic N) is 1. The van der Waals surface area contributed by atoms with Crippen molar-refractivity contribution in [1.82, 2.24) is 15.5 Å². The van der Waals surface area contributed by atoms with Crippen LogP contribution in [0.25, 0.3) is 0 Å². The van der Waals surface area contributed by atoms with Crippen molar-refractivity contribution < 1.29 is 14.4 Å². The van der Waals surface area contributed by atoms with E-state index < -0.39 is 6.04 Å². The maximum Gasteiger partial charge on any atom is 0.252 e. The van der Waals surface area contributed by atoms with E-state index >= 15 is 0 Å². The number of amides is 3. The monoisotopic (exact) mass is 239 g/mol. The van der Waals surface area contributed by atoms with Gasteiger partial charge in [-0.1, -0.05) is 6.42 Å². The summed E-state index contributed by atoms with van der Waals surface area (Å²) in [4.78, 5) is 35.8. The zero-order chi connectivity index (χ0) is 12.4. The van der Waals surface area contributed by atoms with E-state index in [2.05, 4.69) is 10.6 Å². The van der Waals surface area contributed by atoms with Gasteiger partial charge < -0.3 is 10.6 Å². The maximum atomic E-state index is 11.9. The highest BCUT2D eigenvalue weighted by molar-refractivity contribution is 6.06. The zero-order valence-corrected chi connectivity index (χ0v) is 9.86. The summed E-state index contributed by atoms with van der Waals surface area (Å²) < 4.78 is 0. The minimum Gasteiger partial charge on any atom is -0.342 e. The van der Waals surface area contributed by atoms with Gasteiger partial charge in [0.05, 0.1) is 12.5 Å². The molecule has 94 valence electrons. The number of hydrogen-bond acceptors (Lipinski definition) is 4. The molecule has 0 aromatic rings. The Hall–Kier alpha value is -1.43. The Morgan fingerprint density at radius 2 is 2.18 bits per heavy atom. The van der Waals surface area contributed by atoms with Gasteiger partial charge in [0.2, 0.25) is 11.8 Å². The van der Waals surface area contributed by atoms with Crippen molar-refractivity contribution in [3.63, 3.8) is 0 Å². The molecule has 2 aliphatic rings. The second-order valence-corrected chi connectivity index (χ2v) is 4.56. The molecular formula is C11H17N3O3. The van der Waals surface area contributed by atoms with E-state index in [1.54, 1.807) is 0 Å². The van der Waals surface area contributed by atoms with Gasteiger partial charge in [-0.2, -0.15) is 0 Å². The van der Waals surface area contributed by atoms with E-state index in [4.69, 9.17) is 0 Å². The van der Waals surface area contributed by atoms with Gasteiger partial charge in [-0.25, -0.2) is 0 Å². The largest absolute Gasteiger partial charge is 0.342 e. The third kappa shape index (κ3) is 2.46. The molecular weight excluding hydrogens is 222 g/mol. The van der Waals surface area contributed by atoms with Crippen molar-refractivity contribution >= 4 is 17.7 Å². The second-order valence-electron chi connectivity index (χ2n) is 4.56. The molecule has 0 aliphatic carbocycles. The van der Waals surface area contributed by atoms with Crippen LogP contribution < -0.4 is 10.6 Å². The molecule has 2 N–H and O–H groups in total. The molecule has 2 unspecified atom stereocenters. The smallest absolute Gasteiger partial charge is 0.252 e. The van der Waals surface area contributed by atoms with Gasteiger partial charge in [-0.05, 0) is 19.4 Å². The molecule has 0 saturated carbocycles. The van der Waals surface area contributed by atoms with Crippen molar-refractivity contribution in [3.05, 3.63) is 0 Å². The van der Waals surface area contributed by atoms with Crippen LogP contribution in [0.15, 0.2) is 0 Å². The van der Waals surface area contributed by atoms with Crippen LogP contribution in [0.3, 0.4) is 0 Å². The lowest BCUT2D eigenvalue weighted by atomic mass is 10.0. The van der Waals surface area contributed by atoms with E-state index in [-0.39, 0.29) is 30.2 Å². The Kier molecular flexibility index (Phi) is 3.42. The number of hydrogen-bond donors (Lipinski definition) is 2. The van der Waals surface area contributed by atoms with Crippen molar-refractivity contribution in [1.29, 1.82) is 0 Å². The quantitative estimate of drug-likeness (QED) is 0.606. The van der Waals surface area contributed by atoms with Crippen LogP contribution in [0.4, 0.5) is 0 Å². The lowest BCUT2D eigenvalue weighted by molar-refractivity contribution is -0.138. The number of carbonyl (C=O) groups is 3. The fourth-order valence-corrected chi connectivity index (χ4v) is 2.22. The SMILES string of the molecule is CN1C(=O)CC(NC(=O)C2CCCCN2)C1=O. The minimum absolute atomic E-state index is 0.0772. The number of rotatable bonds is 2. The molecule has 6 heteroatoms. The molecule has 17 heavy (non-hydrogen) atoms. The fourth-order valence-electron chi connectivity index (χ4n) is 2.22. The molecule has 3 amide bonds. The van der Waals surface area contributed by atoms with Gasteiger partial charge in [-0.15, -0.1) is 0 Å². The average Bonchev–Trinajstić information content (AvgIpc) is 2.58. The van der Waals surface area contributed by atoms with Crippen molar-refractivity contribution in [2.75, 3.05) is 13.6 Å². The summed E-state index contributed by atoms with van der Waals surface area (Å²) in [5, 5.41) is 5.75. The van der Waals surface area contributed by atoms with Crippen molar-refractivity contribution in [2.24, 2.45) is 0 Å². The summed E-state index contributed by atoms with van der Waals surface area (Å²) in [6.45, 7) is 0.829. The molecule has 0 bridgehead atoms. The third-order valence-corrected chi connectivity index (χ3v) is 3.32. The van der Waals surface area contributed by atoms with Crippen LogP contribution in [0, 0.1) is 0 Å². The molecule has 0 aromatic carbocycles. The van der Waals surface area contributed by atoms with Gasteiger partial charge in [0.15, 0.2) is 0 Å². The molecule has 0 spiro atoms. The van der Waals surface area contributed by atoms with E-state index in [1.165, 1.54) is 7.05 Å². The van der Waals surface area contributed by atoms with Crippen molar-refractivity contribution in [2.45, 2.75) is 37.8 Å². The molecule has 6 nitrogen and oxygen atoms in total. The average molecular weight is 239 g/mol. The first-order valence-electron chi connectivity index (χ1n) is 5.94. The van der Waals surface area contributed by atoms with Crippen LogP contribution in [-0.2, 0) is 14.4 Å². The highest BCUT2D eigenvalue weighted by Gasteiger charge is 2.37. The number of likely N-dealkylation sites (N-methyl/N-ethyl adjacent to an activating group) is 1. The molecule has 2 fully saturated rings. The molecule has 2 saturated heterocycles. The maximum absolute atomic E-state index is 11.9. The number of likely N-dealkylation sites (tertiary alicyclic amines) is 1. The highest BCUT2D eigenvalue weighted by Crippen LogP contribution is 2.12. The molecule has 2 atom stereocenters. The normalized spacial score (nSPS) is 29.6. The molecule has 2 rings (SSSR count). The number of imide groups is 1. The van der Waals surface area contributed by atoms with E-state index in [0.29, 0.717) is 0 Å². The first-order valence-corrected chi connectivity index (χ1v) is 5.94. The van der Waals surface area contributed by atoms with Gasteiger partial charge >= 0.3 is 0 Å². The molecule has 0 aromatic heterocycles. The van der Waals surface area contributed by atoms with Crippen LogP contribution in [0.1, 0.15) is 25.7 Å². The predicted octanol–water partition coefficient (Wildman–Crippen LogP) is -0.998. The standard InChI is InChI=1S/C11H17N3O3/c1-14-9(15)6-8(11(14)17)13-10(16)7-4-2-3-5-12-7/h7-8,12H,2-6H2,1H3,(H,13,16). The van der Waals surface area contributed by atoms with Gasteiger partial charge in [0.1, 0.15) is 6.04 Å².